The summed E-state index contributed by atoms with van der Waals surface area (Å²) < 4.78 is 42.4. The molecule has 0 aliphatic rings. The summed E-state index contributed by atoms with van der Waals surface area (Å²) in [5.74, 6) is 1.38. The monoisotopic (exact) mass is 368 g/mol. The highest BCUT2D eigenvalue weighted by Gasteiger charge is 2.18. The molecule has 0 fully saturated rings. The highest BCUT2D eigenvalue weighted by molar-refractivity contribution is 7.92. The van der Waals surface area contributed by atoms with Crippen LogP contribution in [0, 0.1) is 0 Å². The van der Waals surface area contributed by atoms with E-state index in [9.17, 15) is 8.42 Å². The van der Waals surface area contributed by atoms with Gasteiger partial charge in [0.15, 0.2) is 17.3 Å². The van der Waals surface area contributed by atoms with Gasteiger partial charge in [-0.1, -0.05) is 0 Å². The summed E-state index contributed by atoms with van der Waals surface area (Å²) >= 11 is 0. The number of hydrogen-bond acceptors (Lipinski definition) is 8. The molecule has 0 aliphatic carbocycles. The van der Waals surface area contributed by atoms with Crippen LogP contribution in [0.3, 0.4) is 0 Å². The molecule has 136 valence electrons. The minimum Gasteiger partial charge on any atom is -0.493 e. The van der Waals surface area contributed by atoms with Gasteiger partial charge in [-0.15, -0.1) is 10.2 Å². The standard InChI is InChI=1S/C15H20N4O5S/c1-22-9-8-16-14-6-7-15(18-17-14)19-25(20,21)11-4-5-12(23-2)13(10-11)24-3/h4-7,10H,8-9H2,1-3H3,(H,16,17)(H,18,19). The Bertz CT molecular complexity index is 796. The molecule has 0 aliphatic heterocycles. The van der Waals surface area contributed by atoms with Crippen molar-refractivity contribution in [1.29, 1.82) is 0 Å². The molecule has 2 rings (SSSR count). The SMILES string of the molecule is COCCNc1ccc(NS(=O)(=O)c2ccc(OC)c(OC)c2)nn1. The smallest absolute Gasteiger partial charge is 0.263 e. The highest BCUT2D eigenvalue weighted by Crippen LogP contribution is 2.29. The highest BCUT2D eigenvalue weighted by atomic mass is 32.2. The van der Waals surface area contributed by atoms with E-state index in [0.717, 1.165) is 0 Å². The van der Waals surface area contributed by atoms with Crippen LogP contribution >= 0.6 is 0 Å². The Morgan fingerprint density at radius 1 is 0.960 bits per heavy atom. The van der Waals surface area contributed by atoms with E-state index in [4.69, 9.17) is 14.2 Å². The number of benzene rings is 1. The van der Waals surface area contributed by atoms with Gasteiger partial charge >= 0.3 is 0 Å². The quantitative estimate of drug-likeness (QED) is 0.638. The summed E-state index contributed by atoms with van der Waals surface area (Å²) in [5.41, 5.74) is 0. The molecule has 2 aromatic rings. The predicted molar refractivity (Wildman–Crippen MR) is 92.8 cm³/mol. The first-order valence-corrected chi connectivity index (χ1v) is 8.80. The van der Waals surface area contributed by atoms with E-state index in [1.807, 2.05) is 0 Å². The zero-order valence-corrected chi connectivity index (χ0v) is 15.0. The zero-order valence-electron chi connectivity index (χ0n) is 14.1. The number of nitrogens with one attached hydrogen (secondary N) is 2. The van der Waals surface area contributed by atoms with Crippen LogP contribution in [-0.4, -0.2) is 53.1 Å². The second-order valence-electron chi connectivity index (χ2n) is 4.85. The molecule has 0 atom stereocenters. The van der Waals surface area contributed by atoms with E-state index < -0.39 is 10.0 Å². The third-order valence-electron chi connectivity index (χ3n) is 3.18. The van der Waals surface area contributed by atoms with Crippen molar-refractivity contribution in [3.8, 4) is 11.5 Å². The van der Waals surface area contributed by atoms with Crippen molar-refractivity contribution in [1.82, 2.24) is 10.2 Å². The average Bonchev–Trinajstić information content (AvgIpc) is 2.62. The van der Waals surface area contributed by atoms with Crippen LogP contribution in [0.25, 0.3) is 0 Å². The number of methoxy groups -OCH3 is 3. The molecule has 2 N–H and O–H groups in total. The van der Waals surface area contributed by atoms with Gasteiger partial charge in [-0.2, -0.15) is 0 Å². The molecule has 0 spiro atoms. The summed E-state index contributed by atoms with van der Waals surface area (Å²) in [7, 11) is 0.671. The first-order chi connectivity index (χ1) is 12.0. The summed E-state index contributed by atoms with van der Waals surface area (Å²) in [5, 5.41) is 10.7. The van der Waals surface area contributed by atoms with Crippen LogP contribution in [0.2, 0.25) is 0 Å². The number of anilines is 2. The maximum Gasteiger partial charge on any atom is 0.263 e. The fourth-order valence-electron chi connectivity index (χ4n) is 1.94. The fourth-order valence-corrected chi connectivity index (χ4v) is 2.95. The summed E-state index contributed by atoms with van der Waals surface area (Å²) in [6.45, 7) is 1.09. The average molecular weight is 368 g/mol. The molecule has 1 aromatic carbocycles. The van der Waals surface area contributed by atoms with Crippen LogP contribution in [0.4, 0.5) is 11.6 Å². The van der Waals surface area contributed by atoms with E-state index >= 15 is 0 Å². The number of nitrogens with zero attached hydrogens (tertiary/aromatic N) is 2. The summed E-state index contributed by atoms with van der Waals surface area (Å²) in [6.07, 6.45) is 0. The molecule has 1 aromatic heterocycles. The normalized spacial score (nSPS) is 11.0. The fraction of sp³-hybridized carbons (Fsp3) is 0.333. The molecule has 0 saturated carbocycles. The maximum absolute atomic E-state index is 12.5. The number of rotatable bonds is 9. The predicted octanol–water partition coefficient (Wildman–Crippen LogP) is 1.35. The van der Waals surface area contributed by atoms with Gasteiger partial charge in [0.1, 0.15) is 5.82 Å². The lowest BCUT2D eigenvalue weighted by atomic mass is 10.3. The molecule has 25 heavy (non-hydrogen) atoms. The van der Waals surface area contributed by atoms with E-state index in [2.05, 4.69) is 20.2 Å². The maximum atomic E-state index is 12.5. The van der Waals surface area contributed by atoms with Crippen molar-refractivity contribution in [2.45, 2.75) is 4.90 Å². The molecule has 0 unspecified atom stereocenters. The van der Waals surface area contributed by atoms with Crippen molar-refractivity contribution in [3.05, 3.63) is 30.3 Å². The molecular formula is C15H20N4O5S. The van der Waals surface area contributed by atoms with Crippen LogP contribution in [0.1, 0.15) is 0 Å². The van der Waals surface area contributed by atoms with Crippen LogP contribution < -0.4 is 19.5 Å². The van der Waals surface area contributed by atoms with E-state index in [-0.39, 0.29) is 10.7 Å². The van der Waals surface area contributed by atoms with Crippen molar-refractivity contribution < 1.29 is 22.6 Å². The Morgan fingerprint density at radius 2 is 1.64 bits per heavy atom. The van der Waals surface area contributed by atoms with Crippen LogP contribution in [0.5, 0.6) is 11.5 Å². The molecule has 0 bridgehead atoms. The molecule has 0 amide bonds. The molecule has 0 radical (unpaired) electrons. The van der Waals surface area contributed by atoms with Gasteiger partial charge in [-0.25, -0.2) is 8.42 Å². The number of hydrogen-bond donors (Lipinski definition) is 2. The Balaban J connectivity index is 2.13. The van der Waals surface area contributed by atoms with Gasteiger partial charge in [-0.3, -0.25) is 4.72 Å². The third kappa shape index (κ3) is 4.94. The Kier molecular flexibility index (Phi) is 6.37. The number of ether oxygens (including phenoxy) is 3. The molecule has 10 heteroatoms. The van der Waals surface area contributed by atoms with E-state index in [0.29, 0.717) is 30.5 Å². The minimum atomic E-state index is -3.83. The van der Waals surface area contributed by atoms with Crippen molar-refractivity contribution >= 4 is 21.7 Å². The van der Waals surface area contributed by atoms with E-state index in [1.165, 1.54) is 38.5 Å². The molecular weight excluding hydrogens is 348 g/mol. The second kappa shape index (κ2) is 8.49. The summed E-state index contributed by atoms with van der Waals surface area (Å²) in [6, 6.07) is 7.44. The topological polar surface area (TPSA) is 112 Å². The lowest BCUT2D eigenvalue weighted by Crippen LogP contribution is -2.15. The first kappa shape index (κ1) is 18.7. The Labute approximate surface area is 146 Å². The first-order valence-electron chi connectivity index (χ1n) is 7.31. The lowest BCUT2D eigenvalue weighted by Gasteiger charge is -2.11. The van der Waals surface area contributed by atoms with Crippen molar-refractivity contribution in [2.75, 3.05) is 44.5 Å². The largest absolute Gasteiger partial charge is 0.493 e. The molecule has 1 heterocycles. The third-order valence-corrected chi connectivity index (χ3v) is 4.53. The van der Waals surface area contributed by atoms with Gasteiger partial charge in [0.25, 0.3) is 10.0 Å². The van der Waals surface area contributed by atoms with Crippen molar-refractivity contribution in [3.63, 3.8) is 0 Å². The molecule has 0 saturated heterocycles. The van der Waals surface area contributed by atoms with Gasteiger partial charge in [-0.05, 0) is 24.3 Å². The summed E-state index contributed by atoms with van der Waals surface area (Å²) in [4.78, 5) is 0.0225. The Morgan fingerprint density at radius 3 is 2.24 bits per heavy atom. The van der Waals surface area contributed by atoms with E-state index in [1.54, 1.807) is 13.2 Å². The van der Waals surface area contributed by atoms with Crippen LogP contribution in [-0.2, 0) is 14.8 Å². The number of sulfonamides is 1. The lowest BCUT2D eigenvalue weighted by molar-refractivity contribution is 0.210. The number of aromatic nitrogens is 2. The minimum absolute atomic E-state index is 0.0225. The van der Waals surface area contributed by atoms with Gasteiger partial charge in [0, 0.05) is 19.7 Å². The van der Waals surface area contributed by atoms with Gasteiger partial charge in [0.05, 0.1) is 25.7 Å². The second-order valence-corrected chi connectivity index (χ2v) is 6.53. The van der Waals surface area contributed by atoms with Crippen molar-refractivity contribution in [2.24, 2.45) is 0 Å². The zero-order chi connectivity index (χ0) is 18.3. The van der Waals surface area contributed by atoms with Crippen LogP contribution in [0.15, 0.2) is 35.2 Å². The Hall–Kier alpha value is -2.59. The molecule has 9 nitrogen and oxygen atoms in total. The van der Waals surface area contributed by atoms with Gasteiger partial charge in [0.2, 0.25) is 0 Å². The van der Waals surface area contributed by atoms with Gasteiger partial charge < -0.3 is 19.5 Å².